The van der Waals surface area contributed by atoms with E-state index in [-0.39, 0.29) is 5.91 Å². The zero-order valence-corrected chi connectivity index (χ0v) is 24.8. The molecule has 10 heteroatoms. The second kappa shape index (κ2) is 11.7. The first kappa shape index (κ1) is 27.5. The molecule has 3 aliphatic heterocycles. The Bertz CT molecular complexity index is 1450. The molecule has 41 heavy (non-hydrogen) atoms. The molecule has 0 saturated carbocycles. The Hall–Kier alpha value is -3.63. The van der Waals surface area contributed by atoms with Crippen LogP contribution in [0.25, 0.3) is 0 Å². The number of hydrogen-bond acceptors (Lipinski definition) is 7. The summed E-state index contributed by atoms with van der Waals surface area (Å²) in [5, 5.41) is 3.39. The molecule has 1 N–H and O–H groups in total. The number of carbonyl (C=O) groups is 1. The van der Waals surface area contributed by atoms with Gasteiger partial charge in [-0.05, 0) is 76.0 Å². The normalized spacial score (nSPS) is 19.5. The van der Waals surface area contributed by atoms with Crippen molar-refractivity contribution in [1.29, 1.82) is 0 Å². The van der Waals surface area contributed by atoms with Crippen molar-refractivity contribution in [3.8, 4) is 5.75 Å². The molecule has 1 aromatic heterocycles. The standard InChI is InChI=1S/C31H38N6O3S/c1-4-40-28-19-22(31(38)37-17-13-23(14-18-37)36-15-7-8-16-36)11-12-24(28)33-30-20-26-27(21-32-30)35(3)41(39)29-10-6-5-9-25(29)34(26)2/h5-6,9-12,19-21,23H,4,7-8,13-18H2,1-3H3,(H,32,33). The molecule has 1 unspecified atom stereocenters. The third kappa shape index (κ3) is 5.38. The minimum atomic E-state index is -1.35. The van der Waals surface area contributed by atoms with Crippen LogP contribution in [0.1, 0.15) is 43.0 Å². The zero-order valence-electron chi connectivity index (χ0n) is 24.0. The van der Waals surface area contributed by atoms with Crippen molar-refractivity contribution < 1.29 is 13.7 Å². The molecule has 2 saturated heterocycles. The lowest BCUT2D eigenvalue weighted by Gasteiger charge is -2.36. The van der Waals surface area contributed by atoms with Crippen LogP contribution in [0.3, 0.4) is 0 Å². The number of hydrogen-bond donors (Lipinski definition) is 1. The lowest BCUT2D eigenvalue weighted by molar-refractivity contribution is 0.0644. The number of nitrogens with zero attached hydrogens (tertiary/aromatic N) is 5. The predicted octanol–water partition coefficient (Wildman–Crippen LogP) is 5.16. The van der Waals surface area contributed by atoms with Gasteiger partial charge in [-0.25, -0.2) is 9.19 Å². The van der Waals surface area contributed by atoms with Gasteiger partial charge in [-0.2, -0.15) is 0 Å². The van der Waals surface area contributed by atoms with Gasteiger partial charge < -0.3 is 24.8 Å². The van der Waals surface area contributed by atoms with Gasteiger partial charge in [0.05, 0.1) is 40.4 Å². The van der Waals surface area contributed by atoms with E-state index in [2.05, 4.69) is 15.2 Å². The maximum absolute atomic E-state index is 13.4. The molecular formula is C31H38N6O3S. The molecule has 216 valence electrons. The van der Waals surface area contributed by atoms with E-state index in [1.807, 2.05) is 79.3 Å². The van der Waals surface area contributed by atoms with Crippen molar-refractivity contribution in [1.82, 2.24) is 14.8 Å². The average molecular weight is 575 g/mol. The summed E-state index contributed by atoms with van der Waals surface area (Å²) in [5.74, 6) is 1.29. The lowest BCUT2D eigenvalue weighted by Crippen LogP contribution is -2.45. The van der Waals surface area contributed by atoms with Gasteiger partial charge in [-0.1, -0.05) is 12.1 Å². The molecule has 0 bridgehead atoms. The summed E-state index contributed by atoms with van der Waals surface area (Å²) in [6.45, 7) is 6.39. The first-order valence-corrected chi connectivity index (χ1v) is 15.6. The van der Waals surface area contributed by atoms with E-state index in [0.717, 1.165) is 53.6 Å². The Labute approximate surface area is 244 Å². The predicted molar refractivity (Wildman–Crippen MR) is 164 cm³/mol. The average Bonchev–Trinajstić information content (AvgIpc) is 3.54. The van der Waals surface area contributed by atoms with Gasteiger partial charge in [-0.15, -0.1) is 0 Å². The van der Waals surface area contributed by atoms with Crippen LogP contribution in [0.2, 0.25) is 0 Å². The largest absolute Gasteiger partial charge is 0.492 e. The third-order valence-electron chi connectivity index (χ3n) is 8.43. The first-order valence-electron chi connectivity index (χ1n) is 14.5. The van der Waals surface area contributed by atoms with Crippen molar-refractivity contribution in [2.24, 2.45) is 0 Å². The van der Waals surface area contributed by atoms with Crippen LogP contribution in [-0.4, -0.2) is 77.8 Å². The fourth-order valence-corrected chi connectivity index (χ4v) is 7.35. The van der Waals surface area contributed by atoms with Crippen LogP contribution < -0.4 is 19.3 Å². The fourth-order valence-electron chi connectivity index (χ4n) is 6.16. The molecule has 2 fully saturated rings. The number of likely N-dealkylation sites (tertiary alicyclic amines) is 2. The van der Waals surface area contributed by atoms with Crippen LogP contribution in [-0.2, 0) is 11.0 Å². The smallest absolute Gasteiger partial charge is 0.253 e. The van der Waals surface area contributed by atoms with Crippen LogP contribution in [0, 0.1) is 0 Å². The van der Waals surface area contributed by atoms with Crippen molar-refractivity contribution in [2.75, 3.05) is 61.4 Å². The summed E-state index contributed by atoms with van der Waals surface area (Å²) in [6, 6.07) is 15.9. The van der Waals surface area contributed by atoms with Crippen LogP contribution in [0.5, 0.6) is 5.75 Å². The van der Waals surface area contributed by atoms with Crippen molar-refractivity contribution in [3.05, 3.63) is 60.3 Å². The summed E-state index contributed by atoms with van der Waals surface area (Å²) >= 11 is 0. The highest BCUT2D eigenvalue weighted by molar-refractivity contribution is 7.86. The molecule has 4 heterocycles. The van der Waals surface area contributed by atoms with Crippen LogP contribution in [0.4, 0.5) is 28.6 Å². The number of fused-ring (bicyclic) bond motifs is 2. The topological polar surface area (TPSA) is 81.2 Å². The second-order valence-electron chi connectivity index (χ2n) is 10.9. The van der Waals surface area contributed by atoms with E-state index in [4.69, 9.17) is 4.74 Å². The number of anilines is 5. The van der Waals surface area contributed by atoms with Gasteiger partial charge >= 0.3 is 0 Å². The van der Waals surface area contributed by atoms with E-state index in [9.17, 15) is 9.00 Å². The second-order valence-corrected chi connectivity index (χ2v) is 12.4. The summed E-state index contributed by atoms with van der Waals surface area (Å²) in [4.78, 5) is 25.4. The number of benzene rings is 2. The Morgan fingerprint density at radius 1 is 1.00 bits per heavy atom. The quantitative estimate of drug-likeness (QED) is 0.435. The minimum absolute atomic E-state index is 0.0526. The summed E-state index contributed by atoms with van der Waals surface area (Å²) in [5.41, 5.74) is 3.90. The monoisotopic (exact) mass is 574 g/mol. The Balaban J connectivity index is 1.22. The molecular weight excluding hydrogens is 536 g/mol. The summed E-state index contributed by atoms with van der Waals surface area (Å²) < 4.78 is 21.0. The number of aromatic nitrogens is 1. The van der Waals surface area contributed by atoms with Crippen LogP contribution in [0.15, 0.2) is 59.6 Å². The summed E-state index contributed by atoms with van der Waals surface area (Å²) in [7, 11) is 2.44. The number of rotatable bonds is 6. The van der Waals surface area contributed by atoms with Gasteiger partial charge in [0.2, 0.25) is 0 Å². The first-order chi connectivity index (χ1) is 19.9. The van der Waals surface area contributed by atoms with Crippen LogP contribution >= 0.6 is 0 Å². The van der Waals surface area contributed by atoms with Gasteiger partial charge in [0.15, 0.2) is 11.0 Å². The molecule has 2 aromatic carbocycles. The van der Waals surface area contributed by atoms with Gasteiger partial charge in [-0.3, -0.25) is 9.10 Å². The number of carbonyl (C=O) groups excluding carboxylic acids is 1. The lowest BCUT2D eigenvalue weighted by atomic mass is 10.0. The highest BCUT2D eigenvalue weighted by atomic mass is 32.2. The van der Waals surface area contributed by atoms with E-state index < -0.39 is 11.0 Å². The van der Waals surface area contributed by atoms with Gasteiger partial charge in [0, 0.05) is 44.9 Å². The highest BCUT2D eigenvalue weighted by Crippen LogP contribution is 2.42. The molecule has 0 spiro atoms. The fraction of sp³-hybridized carbons (Fsp3) is 0.419. The number of piperidine rings is 1. The molecule has 1 atom stereocenters. The molecule has 0 aliphatic carbocycles. The SMILES string of the molecule is CCOc1cc(C(=O)N2CCC(N3CCCC3)CC2)ccc1Nc1cc2c(cn1)N(C)S(=O)c1ccccc1N2C. The molecule has 3 aromatic rings. The third-order valence-corrected chi connectivity index (χ3v) is 9.84. The van der Waals surface area contributed by atoms with Crippen molar-refractivity contribution in [2.45, 2.75) is 43.5 Å². The highest BCUT2D eigenvalue weighted by Gasteiger charge is 2.30. The number of amides is 1. The maximum Gasteiger partial charge on any atom is 0.253 e. The molecule has 1 amide bonds. The molecule has 6 rings (SSSR count). The maximum atomic E-state index is 13.4. The number of pyridine rings is 1. The summed E-state index contributed by atoms with van der Waals surface area (Å²) in [6.07, 6.45) is 6.40. The Morgan fingerprint density at radius 2 is 1.76 bits per heavy atom. The molecule has 3 aliphatic rings. The van der Waals surface area contributed by atoms with Crippen molar-refractivity contribution in [3.63, 3.8) is 0 Å². The minimum Gasteiger partial charge on any atom is -0.492 e. The van der Waals surface area contributed by atoms with E-state index in [0.29, 0.717) is 29.8 Å². The zero-order chi connectivity index (χ0) is 28.5. The van der Waals surface area contributed by atoms with E-state index >= 15 is 0 Å². The Kier molecular flexibility index (Phi) is 7.86. The number of para-hydroxylation sites is 1. The molecule has 0 radical (unpaired) electrons. The van der Waals surface area contributed by atoms with Crippen molar-refractivity contribution >= 4 is 45.5 Å². The van der Waals surface area contributed by atoms with E-state index in [1.165, 1.54) is 25.9 Å². The molecule has 9 nitrogen and oxygen atoms in total. The van der Waals surface area contributed by atoms with Gasteiger partial charge in [0.1, 0.15) is 11.6 Å². The number of nitrogens with one attached hydrogen (secondary N) is 1. The van der Waals surface area contributed by atoms with E-state index in [1.54, 1.807) is 10.5 Å². The van der Waals surface area contributed by atoms with Gasteiger partial charge in [0.25, 0.3) is 5.91 Å². The number of ether oxygens (including phenoxy) is 1. The Morgan fingerprint density at radius 3 is 2.51 bits per heavy atom.